The van der Waals surface area contributed by atoms with Gasteiger partial charge in [-0.2, -0.15) is 8.42 Å². The molecule has 1 aliphatic heterocycles. The molecule has 0 fully saturated rings. The maximum absolute atomic E-state index is 10.5. The lowest BCUT2D eigenvalue weighted by molar-refractivity contribution is 0.198. The summed E-state index contributed by atoms with van der Waals surface area (Å²) >= 11 is 0. The van der Waals surface area contributed by atoms with Crippen molar-refractivity contribution in [1.82, 2.24) is 4.90 Å². The van der Waals surface area contributed by atoms with Crippen LogP contribution >= 0.6 is 0 Å². The molecule has 0 saturated heterocycles. The summed E-state index contributed by atoms with van der Waals surface area (Å²) in [6.45, 7) is 0.110. The first-order valence-electron chi connectivity index (χ1n) is 2.38. The highest BCUT2D eigenvalue weighted by Crippen LogP contribution is 2.03. The Morgan fingerprint density at radius 3 is 2.67 bits per heavy atom. The summed E-state index contributed by atoms with van der Waals surface area (Å²) in [6.07, 6.45) is 1.46. The van der Waals surface area contributed by atoms with E-state index in [1.807, 2.05) is 0 Å². The largest absolute Gasteiger partial charge is 0.356 e. The number of hydrogen-bond acceptors (Lipinski definition) is 4. The molecular formula is C4H7NO3S. The van der Waals surface area contributed by atoms with E-state index < -0.39 is 10.1 Å². The quantitative estimate of drug-likeness (QED) is 0.444. The van der Waals surface area contributed by atoms with Crippen LogP contribution in [0.25, 0.3) is 0 Å². The zero-order valence-corrected chi connectivity index (χ0v) is 5.76. The summed E-state index contributed by atoms with van der Waals surface area (Å²) in [6, 6.07) is 0. The Morgan fingerprint density at radius 1 is 1.67 bits per heavy atom. The highest BCUT2D eigenvalue weighted by atomic mass is 32.2. The van der Waals surface area contributed by atoms with E-state index in [4.69, 9.17) is 0 Å². The van der Waals surface area contributed by atoms with E-state index in [1.165, 1.54) is 6.20 Å². The normalized spacial score (nSPS) is 24.3. The Kier molecular flexibility index (Phi) is 1.46. The van der Waals surface area contributed by atoms with E-state index >= 15 is 0 Å². The molecule has 0 saturated carbocycles. The summed E-state index contributed by atoms with van der Waals surface area (Å²) in [7, 11) is -1.61. The van der Waals surface area contributed by atoms with E-state index in [0.717, 1.165) is 5.41 Å². The molecule has 0 unspecified atom stereocenters. The van der Waals surface area contributed by atoms with Gasteiger partial charge in [0, 0.05) is 13.2 Å². The molecule has 0 spiro atoms. The van der Waals surface area contributed by atoms with Crippen LogP contribution in [0.1, 0.15) is 0 Å². The minimum absolute atomic E-state index is 0.110. The third-order valence-corrected chi connectivity index (χ3v) is 1.79. The zero-order valence-electron chi connectivity index (χ0n) is 4.94. The Balaban J connectivity index is 2.82. The molecule has 0 aliphatic carbocycles. The summed E-state index contributed by atoms with van der Waals surface area (Å²) in [5.74, 6) is 0. The number of hydrogen-bond donors (Lipinski definition) is 0. The molecule has 1 heterocycles. The molecule has 4 nitrogen and oxygen atoms in total. The fourth-order valence-corrected chi connectivity index (χ4v) is 1.17. The zero-order chi connectivity index (χ0) is 6.91. The van der Waals surface area contributed by atoms with Gasteiger partial charge in [0.05, 0.1) is 5.41 Å². The lowest BCUT2D eigenvalue weighted by Gasteiger charge is -2.16. The average molecular weight is 149 g/mol. The maximum atomic E-state index is 10.5. The predicted octanol–water partition coefficient (Wildman–Crippen LogP) is -0.293. The van der Waals surface area contributed by atoms with E-state index in [1.54, 1.807) is 11.9 Å². The van der Waals surface area contributed by atoms with Crippen molar-refractivity contribution in [3.63, 3.8) is 0 Å². The standard InChI is InChI=1S/C4H7NO3S/c1-5-2-3-9(6,7)8-4-5/h2-3H,4H2,1H3. The first-order valence-corrected chi connectivity index (χ1v) is 3.85. The van der Waals surface area contributed by atoms with Gasteiger partial charge in [-0.25, -0.2) is 4.18 Å². The van der Waals surface area contributed by atoms with Crippen LogP contribution < -0.4 is 0 Å². The SMILES string of the molecule is CN1C=CS(=O)(=O)OC1. The molecule has 0 aromatic rings. The average Bonchev–Trinajstić information content (AvgIpc) is 1.78. The van der Waals surface area contributed by atoms with Crippen LogP contribution in [0.3, 0.4) is 0 Å². The Hall–Kier alpha value is -0.550. The summed E-state index contributed by atoms with van der Waals surface area (Å²) in [4.78, 5) is 1.63. The second-order valence-corrected chi connectivity index (χ2v) is 3.28. The summed E-state index contributed by atoms with van der Waals surface area (Å²) in [5.41, 5.74) is 0. The molecule has 0 aromatic heterocycles. The topological polar surface area (TPSA) is 46.6 Å². The Labute approximate surface area is 53.8 Å². The molecule has 0 radical (unpaired) electrons. The molecule has 52 valence electrons. The molecular weight excluding hydrogens is 142 g/mol. The van der Waals surface area contributed by atoms with Gasteiger partial charge in [0.15, 0.2) is 0 Å². The molecule has 0 aromatic carbocycles. The van der Waals surface area contributed by atoms with Crippen LogP contribution in [0.2, 0.25) is 0 Å². The molecule has 5 heteroatoms. The second kappa shape index (κ2) is 2.00. The molecule has 0 bridgehead atoms. The third kappa shape index (κ3) is 1.69. The van der Waals surface area contributed by atoms with E-state index in [0.29, 0.717) is 0 Å². The number of rotatable bonds is 0. The molecule has 9 heavy (non-hydrogen) atoms. The van der Waals surface area contributed by atoms with Crippen LogP contribution in [0.5, 0.6) is 0 Å². The van der Waals surface area contributed by atoms with Gasteiger partial charge in [-0.15, -0.1) is 0 Å². The van der Waals surface area contributed by atoms with Gasteiger partial charge in [0.25, 0.3) is 10.1 Å². The third-order valence-electron chi connectivity index (χ3n) is 0.903. The van der Waals surface area contributed by atoms with Gasteiger partial charge < -0.3 is 4.90 Å². The van der Waals surface area contributed by atoms with Gasteiger partial charge in [-0.3, -0.25) is 0 Å². The molecule has 0 atom stereocenters. The van der Waals surface area contributed by atoms with Crippen LogP contribution in [0, 0.1) is 0 Å². The maximum Gasteiger partial charge on any atom is 0.293 e. The summed E-state index contributed by atoms with van der Waals surface area (Å²) in [5, 5.41) is 1.02. The minimum atomic E-state index is -3.34. The monoisotopic (exact) mass is 149 g/mol. The minimum Gasteiger partial charge on any atom is -0.356 e. The second-order valence-electron chi connectivity index (χ2n) is 1.78. The summed E-state index contributed by atoms with van der Waals surface area (Å²) < 4.78 is 25.3. The predicted molar refractivity (Wildman–Crippen MR) is 31.8 cm³/mol. The van der Waals surface area contributed by atoms with Gasteiger partial charge in [-0.1, -0.05) is 0 Å². The fourth-order valence-electron chi connectivity index (χ4n) is 0.417. The van der Waals surface area contributed by atoms with Crippen molar-refractivity contribution in [3.05, 3.63) is 11.6 Å². The molecule has 1 aliphatic rings. The highest BCUT2D eigenvalue weighted by Gasteiger charge is 2.11. The molecule has 1 rings (SSSR count). The van der Waals surface area contributed by atoms with Crippen molar-refractivity contribution >= 4 is 10.1 Å². The van der Waals surface area contributed by atoms with Crippen molar-refractivity contribution in [2.24, 2.45) is 0 Å². The van der Waals surface area contributed by atoms with Crippen molar-refractivity contribution < 1.29 is 12.6 Å². The molecule has 0 amide bonds. The van der Waals surface area contributed by atoms with Gasteiger partial charge in [0.1, 0.15) is 6.73 Å². The smallest absolute Gasteiger partial charge is 0.293 e. The Bertz CT molecular complexity index is 218. The lowest BCUT2D eigenvalue weighted by atomic mass is 10.8. The van der Waals surface area contributed by atoms with Gasteiger partial charge in [-0.05, 0) is 0 Å². The van der Waals surface area contributed by atoms with Crippen LogP contribution in [-0.4, -0.2) is 27.1 Å². The van der Waals surface area contributed by atoms with Gasteiger partial charge >= 0.3 is 0 Å². The van der Waals surface area contributed by atoms with E-state index in [9.17, 15) is 8.42 Å². The van der Waals surface area contributed by atoms with E-state index in [-0.39, 0.29) is 6.73 Å². The Morgan fingerprint density at radius 2 is 2.33 bits per heavy atom. The first-order chi connectivity index (χ1) is 4.10. The number of nitrogens with zero attached hydrogens (tertiary/aromatic N) is 1. The van der Waals surface area contributed by atoms with Crippen LogP contribution in [0.15, 0.2) is 11.6 Å². The van der Waals surface area contributed by atoms with Gasteiger partial charge in [0.2, 0.25) is 0 Å². The van der Waals surface area contributed by atoms with Crippen molar-refractivity contribution in [3.8, 4) is 0 Å². The fraction of sp³-hybridized carbons (Fsp3) is 0.500. The van der Waals surface area contributed by atoms with E-state index in [2.05, 4.69) is 4.18 Å². The highest BCUT2D eigenvalue weighted by molar-refractivity contribution is 7.89. The van der Waals surface area contributed by atoms with Crippen LogP contribution in [0.4, 0.5) is 0 Å². The van der Waals surface area contributed by atoms with Crippen molar-refractivity contribution in [2.45, 2.75) is 0 Å². The van der Waals surface area contributed by atoms with Crippen LogP contribution in [-0.2, 0) is 14.3 Å². The van der Waals surface area contributed by atoms with Crippen molar-refractivity contribution in [2.75, 3.05) is 13.8 Å². The van der Waals surface area contributed by atoms with Crippen molar-refractivity contribution in [1.29, 1.82) is 0 Å². The first kappa shape index (κ1) is 6.57. The molecule has 0 N–H and O–H groups in total. The lowest BCUT2D eigenvalue weighted by Crippen LogP contribution is -2.22.